The molecule has 188 valence electrons. The van der Waals surface area contributed by atoms with Gasteiger partial charge in [-0.2, -0.15) is 0 Å². The first-order valence-electron chi connectivity index (χ1n) is 13.2. The van der Waals surface area contributed by atoms with Crippen LogP contribution in [0.1, 0.15) is 95.6 Å². The van der Waals surface area contributed by atoms with Gasteiger partial charge in [-0.05, 0) is 68.3 Å². The fraction of sp³-hybridized carbons (Fsp3) is 0.679. The Morgan fingerprint density at radius 3 is 2.52 bits per heavy atom. The SMILES string of the molecule is CCCCCCNCCc1ccc(CCCCC(CCCC)CC/N=C\C(Cl)=C/N)cc1F. The lowest BCUT2D eigenvalue weighted by Crippen LogP contribution is -2.18. The van der Waals surface area contributed by atoms with Crippen molar-refractivity contribution in [3.8, 4) is 0 Å². The van der Waals surface area contributed by atoms with Gasteiger partial charge in [-0.25, -0.2) is 4.39 Å². The molecule has 0 aliphatic carbocycles. The minimum atomic E-state index is -0.0517. The lowest BCUT2D eigenvalue weighted by molar-refractivity contribution is 0.396. The highest BCUT2D eigenvalue weighted by molar-refractivity contribution is 6.39. The number of benzene rings is 1. The summed E-state index contributed by atoms with van der Waals surface area (Å²) in [7, 11) is 0. The molecule has 0 radical (unpaired) electrons. The number of halogens is 2. The summed E-state index contributed by atoms with van der Waals surface area (Å²) in [4.78, 5) is 4.38. The Bertz CT molecular complexity index is 675. The van der Waals surface area contributed by atoms with E-state index in [9.17, 15) is 4.39 Å². The maximum Gasteiger partial charge on any atom is 0.126 e. The molecule has 33 heavy (non-hydrogen) atoms. The number of unbranched alkanes of at least 4 members (excludes halogenated alkanes) is 5. The van der Waals surface area contributed by atoms with Crippen LogP contribution in [-0.4, -0.2) is 25.8 Å². The van der Waals surface area contributed by atoms with Crippen LogP contribution >= 0.6 is 11.6 Å². The monoisotopic (exact) mass is 479 g/mol. The Labute approximate surface area is 207 Å². The van der Waals surface area contributed by atoms with E-state index in [1.807, 2.05) is 6.07 Å². The van der Waals surface area contributed by atoms with E-state index in [0.29, 0.717) is 11.0 Å². The molecular formula is C28H47ClFN3. The van der Waals surface area contributed by atoms with Gasteiger partial charge in [0, 0.05) is 19.0 Å². The van der Waals surface area contributed by atoms with Crippen molar-refractivity contribution in [3.63, 3.8) is 0 Å². The Kier molecular flexibility index (Phi) is 18.0. The highest BCUT2D eigenvalue weighted by Gasteiger charge is 2.09. The van der Waals surface area contributed by atoms with Gasteiger partial charge in [0.1, 0.15) is 5.82 Å². The van der Waals surface area contributed by atoms with Gasteiger partial charge < -0.3 is 11.1 Å². The summed E-state index contributed by atoms with van der Waals surface area (Å²) in [5.74, 6) is 0.639. The predicted molar refractivity (Wildman–Crippen MR) is 144 cm³/mol. The molecule has 0 aliphatic heterocycles. The van der Waals surface area contributed by atoms with Gasteiger partial charge in [-0.3, -0.25) is 4.99 Å². The molecule has 0 bridgehead atoms. The fourth-order valence-electron chi connectivity index (χ4n) is 4.11. The van der Waals surface area contributed by atoms with Crippen LogP contribution in [-0.2, 0) is 12.8 Å². The van der Waals surface area contributed by atoms with Gasteiger partial charge in [0.25, 0.3) is 0 Å². The average Bonchev–Trinajstić information content (AvgIpc) is 2.82. The molecule has 0 aliphatic rings. The van der Waals surface area contributed by atoms with Crippen molar-refractivity contribution in [3.05, 3.63) is 46.4 Å². The number of aryl methyl sites for hydroxylation is 1. The molecule has 5 heteroatoms. The lowest BCUT2D eigenvalue weighted by atomic mass is 9.92. The first-order valence-corrected chi connectivity index (χ1v) is 13.5. The Morgan fingerprint density at radius 2 is 1.79 bits per heavy atom. The average molecular weight is 480 g/mol. The number of allylic oxidation sites excluding steroid dienone is 1. The maximum atomic E-state index is 14.5. The van der Waals surface area contributed by atoms with Crippen molar-refractivity contribution in [2.24, 2.45) is 16.6 Å². The number of hydrogen-bond donors (Lipinski definition) is 2. The van der Waals surface area contributed by atoms with Crippen molar-refractivity contribution in [1.82, 2.24) is 5.32 Å². The molecule has 1 aromatic rings. The van der Waals surface area contributed by atoms with Crippen molar-refractivity contribution >= 4 is 17.8 Å². The van der Waals surface area contributed by atoms with Crippen LogP contribution in [0, 0.1) is 11.7 Å². The summed E-state index contributed by atoms with van der Waals surface area (Å²) in [6, 6.07) is 5.83. The number of hydrogen-bond acceptors (Lipinski definition) is 3. The molecule has 3 N–H and O–H groups in total. The third kappa shape index (κ3) is 15.2. The number of aliphatic imine (C=N–C) groups is 1. The third-order valence-corrected chi connectivity index (χ3v) is 6.45. The van der Waals surface area contributed by atoms with E-state index in [1.165, 1.54) is 64.0 Å². The molecule has 0 saturated carbocycles. The van der Waals surface area contributed by atoms with Gasteiger partial charge in [-0.1, -0.05) is 88.9 Å². The Morgan fingerprint density at radius 1 is 1.00 bits per heavy atom. The van der Waals surface area contributed by atoms with Crippen LogP contribution in [0.5, 0.6) is 0 Å². The highest BCUT2D eigenvalue weighted by atomic mass is 35.5. The molecule has 1 aromatic carbocycles. The predicted octanol–water partition coefficient (Wildman–Crippen LogP) is 7.56. The van der Waals surface area contributed by atoms with Crippen LogP contribution in [0.25, 0.3) is 0 Å². The van der Waals surface area contributed by atoms with Gasteiger partial charge in [0.05, 0.1) is 5.03 Å². The van der Waals surface area contributed by atoms with E-state index in [1.54, 1.807) is 12.3 Å². The molecular weight excluding hydrogens is 433 g/mol. The summed E-state index contributed by atoms with van der Waals surface area (Å²) in [6.07, 6.45) is 18.1. The van der Waals surface area contributed by atoms with Crippen molar-refractivity contribution in [2.45, 2.75) is 97.3 Å². The zero-order chi connectivity index (χ0) is 24.2. The number of nitrogens with one attached hydrogen (secondary N) is 1. The highest BCUT2D eigenvalue weighted by Crippen LogP contribution is 2.21. The first-order chi connectivity index (χ1) is 16.1. The molecule has 0 amide bonds. The lowest BCUT2D eigenvalue weighted by Gasteiger charge is -2.15. The molecule has 3 nitrogen and oxygen atoms in total. The second kappa shape index (κ2) is 20.0. The van der Waals surface area contributed by atoms with E-state index >= 15 is 0 Å². The standard InChI is InChI=1S/C28H47ClFN3/c1-3-5-7-10-18-32-20-17-26-15-14-25(21-28(26)30)13-9-8-12-24(11-6-4-2)16-19-33-23-27(29)22-31/h14-15,21-24,32H,3-13,16-20,31H2,1-2H3/b27-22+,33-23-. The topological polar surface area (TPSA) is 50.4 Å². The normalized spacial score (nSPS) is 13.2. The summed E-state index contributed by atoms with van der Waals surface area (Å²) in [5, 5.41) is 3.92. The molecule has 0 fully saturated rings. The van der Waals surface area contributed by atoms with Crippen LogP contribution in [0.15, 0.2) is 34.4 Å². The third-order valence-electron chi connectivity index (χ3n) is 6.23. The first kappa shape index (κ1) is 29.6. The molecule has 0 aromatic heterocycles. The van der Waals surface area contributed by atoms with Crippen LogP contribution in [0.4, 0.5) is 4.39 Å². The van der Waals surface area contributed by atoms with Gasteiger partial charge in [-0.15, -0.1) is 0 Å². The second-order valence-corrected chi connectivity index (χ2v) is 9.55. The molecule has 0 heterocycles. The van der Waals surface area contributed by atoms with Gasteiger partial charge >= 0.3 is 0 Å². The summed E-state index contributed by atoms with van der Waals surface area (Å²) < 4.78 is 14.5. The molecule has 0 saturated heterocycles. The van der Waals surface area contributed by atoms with E-state index in [4.69, 9.17) is 17.3 Å². The minimum Gasteiger partial charge on any atom is -0.403 e. The summed E-state index contributed by atoms with van der Waals surface area (Å²) >= 11 is 5.86. The number of rotatable bonds is 20. The quantitative estimate of drug-likeness (QED) is 0.150. The molecule has 1 rings (SSSR count). The van der Waals surface area contributed by atoms with Crippen molar-refractivity contribution in [2.75, 3.05) is 19.6 Å². The van der Waals surface area contributed by atoms with Crippen LogP contribution < -0.4 is 11.1 Å². The molecule has 0 spiro atoms. The maximum absolute atomic E-state index is 14.5. The fourth-order valence-corrected chi connectivity index (χ4v) is 4.18. The van der Waals surface area contributed by atoms with Crippen molar-refractivity contribution < 1.29 is 4.39 Å². The zero-order valence-electron chi connectivity index (χ0n) is 21.1. The minimum absolute atomic E-state index is 0.0517. The molecule has 1 atom stereocenters. The Balaban J connectivity index is 2.31. The summed E-state index contributed by atoms with van der Waals surface area (Å²) in [6.45, 7) is 7.13. The Hall–Kier alpha value is -1.39. The van der Waals surface area contributed by atoms with E-state index < -0.39 is 0 Å². The zero-order valence-corrected chi connectivity index (χ0v) is 21.8. The van der Waals surface area contributed by atoms with Crippen molar-refractivity contribution in [1.29, 1.82) is 0 Å². The van der Waals surface area contributed by atoms with E-state index in [2.05, 4.69) is 30.2 Å². The van der Waals surface area contributed by atoms with E-state index in [-0.39, 0.29) is 5.82 Å². The number of nitrogens with two attached hydrogens (primary N) is 1. The van der Waals surface area contributed by atoms with E-state index in [0.717, 1.165) is 56.4 Å². The second-order valence-electron chi connectivity index (χ2n) is 9.12. The number of nitrogens with zero attached hydrogens (tertiary/aromatic N) is 1. The summed E-state index contributed by atoms with van der Waals surface area (Å²) in [5.41, 5.74) is 7.30. The van der Waals surface area contributed by atoms with Gasteiger partial charge in [0.15, 0.2) is 0 Å². The van der Waals surface area contributed by atoms with Crippen LogP contribution in [0.3, 0.4) is 0 Å². The van der Waals surface area contributed by atoms with Crippen LogP contribution in [0.2, 0.25) is 0 Å². The van der Waals surface area contributed by atoms with Gasteiger partial charge in [0.2, 0.25) is 0 Å². The smallest absolute Gasteiger partial charge is 0.126 e. The molecule has 1 unspecified atom stereocenters. The largest absolute Gasteiger partial charge is 0.403 e.